The Morgan fingerprint density at radius 3 is 2.62 bits per heavy atom. The second kappa shape index (κ2) is 6.84. The van der Waals surface area contributed by atoms with Crippen LogP contribution in [0.2, 0.25) is 0 Å². The van der Waals surface area contributed by atoms with Crippen LogP contribution in [0.4, 0.5) is 11.1 Å². The van der Waals surface area contributed by atoms with E-state index in [4.69, 9.17) is 0 Å². The number of rotatable bonds is 3. The number of nitrogens with one attached hydrogen (secondary N) is 1. The largest absolute Gasteiger partial charge is 0.333 e. The van der Waals surface area contributed by atoms with Gasteiger partial charge in [-0.1, -0.05) is 24.3 Å². The molecule has 4 rings (SSSR count). The van der Waals surface area contributed by atoms with Crippen LogP contribution >= 0.6 is 11.3 Å². The molecule has 3 heterocycles. The number of carbonyl (C=O) groups excluding carboxylic acids is 1. The molecule has 0 radical (unpaired) electrons. The van der Waals surface area contributed by atoms with Crippen molar-refractivity contribution >= 4 is 28.3 Å². The SMILES string of the molecule is Cc1cc(C)nc(Nc2nc(C(=O)N3CCc4ccccc4C3)cs2)n1. The number of hydrogen-bond acceptors (Lipinski definition) is 6. The lowest BCUT2D eigenvalue weighted by atomic mass is 10.00. The number of hydrogen-bond donors (Lipinski definition) is 1. The Kier molecular flexibility index (Phi) is 4.38. The number of nitrogens with zero attached hydrogens (tertiary/aromatic N) is 4. The van der Waals surface area contributed by atoms with E-state index in [0.29, 0.717) is 23.3 Å². The Bertz CT molecular complexity index is 948. The van der Waals surface area contributed by atoms with Gasteiger partial charge in [-0.2, -0.15) is 0 Å². The van der Waals surface area contributed by atoms with Gasteiger partial charge in [0.1, 0.15) is 5.69 Å². The first-order valence-corrected chi connectivity index (χ1v) is 9.37. The van der Waals surface area contributed by atoms with Gasteiger partial charge in [0.15, 0.2) is 5.13 Å². The standard InChI is InChI=1S/C19H19N5OS/c1-12-9-13(2)21-18(20-12)23-19-22-16(11-26-19)17(25)24-8-7-14-5-3-4-6-15(14)10-24/h3-6,9,11H,7-8,10H2,1-2H3,(H,20,21,22,23). The Balaban J connectivity index is 1.48. The molecule has 0 saturated heterocycles. The van der Waals surface area contributed by atoms with E-state index in [1.165, 1.54) is 22.5 Å². The molecule has 7 heteroatoms. The van der Waals surface area contributed by atoms with Crippen molar-refractivity contribution in [2.24, 2.45) is 0 Å². The lowest BCUT2D eigenvalue weighted by Crippen LogP contribution is -2.36. The average molecular weight is 365 g/mol. The van der Waals surface area contributed by atoms with Crippen molar-refractivity contribution in [1.82, 2.24) is 19.9 Å². The second-order valence-corrected chi connectivity index (χ2v) is 7.24. The molecule has 0 unspecified atom stereocenters. The molecule has 0 fully saturated rings. The highest BCUT2D eigenvalue weighted by atomic mass is 32.1. The molecule has 0 atom stereocenters. The fourth-order valence-corrected chi connectivity index (χ4v) is 3.82. The number of amides is 1. The van der Waals surface area contributed by atoms with Gasteiger partial charge in [0.05, 0.1) is 0 Å². The summed E-state index contributed by atoms with van der Waals surface area (Å²) in [6.07, 6.45) is 0.883. The van der Waals surface area contributed by atoms with Crippen LogP contribution in [-0.4, -0.2) is 32.3 Å². The molecule has 0 spiro atoms. The molecular formula is C19H19N5OS. The van der Waals surface area contributed by atoms with Crippen molar-refractivity contribution in [3.63, 3.8) is 0 Å². The van der Waals surface area contributed by atoms with E-state index in [0.717, 1.165) is 24.4 Å². The minimum absolute atomic E-state index is 0.0369. The summed E-state index contributed by atoms with van der Waals surface area (Å²) in [4.78, 5) is 27.8. The minimum Gasteiger partial charge on any atom is -0.333 e. The molecule has 2 aromatic heterocycles. The highest BCUT2D eigenvalue weighted by Gasteiger charge is 2.23. The third kappa shape index (κ3) is 3.43. The second-order valence-electron chi connectivity index (χ2n) is 6.38. The topological polar surface area (TPSA) is 71.0 Å². The molecule has 1 aliphatic rings. The third-order valence-corrected chi connectivity index (χ3v) is 5.10. The summed E-state index contributed by atoms with van der Waals surface area (Å²) in [7, 11) is 0. The average Bonchev–Trinajstić information content (AvgIpc) is 3.08. The lowest BCUT2D eigenvalue weighted by molar-refractivity contribution is 0.0729. The van der Waals surface area contributed by atoms with Gasteiger partial charge in [0, 0.05) is 29.9 Å². The van der Waals surface area contributed by atoms with Gasteiger partial charge in [-0.05, 0) is 37.5 Å². The number of carbonyl (C=O) groups is 1. The van der Waals surface area contributed by atoms with E-state index in [9.17, 15) is 4.79 Å². The van der Waals surface area contributed by atoms with Crippen molar-refractivity contribution < 1.29 is 4.79 Å². The fraction of sp³-hybridized carbons (Fsp3) is 0.263. The number of aromatic nitrogens is 3. The molecule has 1 N–H and O–H groups in total. The van der Waals surface area contributed by atoms with E-state index < -0.39 is 0 Å². The molecule has 0 aliphatic carbocycles. The predicted octanol–water partition coefficient (Wildman–Crippen LogP) is 3.49. The number of aryl methyl sites for hydroxylation is 2. The van der Waals surface area contributed by atoms with Crippen LogP contribution in [0.1, 0.15) is 33.0 Å². The normalized spacial score (nSPS) is 13.4. The zero-order chi connectivity index (χ0) is 18.1. The number of fused-ring (bicyclic) bond motifs is 1. The summed E-state index contributed by atoms with van der Waals surface area (Å²) >= 11 is 1.38. The summed E-state index contributed by atoms with van der Waals surface area (Å²) in [5.74, 6) is 0.466. The monoisotopic (exact) mass is 365 g/mol. The molecule has 3 aromatic rings. The quantitative estimate of drug-likeness (QED) is 0.769. The summed E-state index contributed by atoms with van der Waals surface area (Å²) in [5.41, 5.74) is 4.77. The first kappa shape index (κ1) is 16.7. The molecular weight excluding hydrogens is 346 g/mol. The minimum atomic E-state index is -0.0369. The van der Waals surface area contributed by atoms with Crippen molar-refractivity contribution in [2.75, 3.05) is 11.9 Å². The van der Waals surface area contributed by atoms with Crippen LogP contribution in [0, 0.1) is 13.8 Å². The first-order valence-electron chi connectivity index (χ1n) is 8.49. The summed E-state index contributed by atoms with van der Waals surface area (Å²) < 4.78 is 0. The van der Waals surface area contributed by atoms with Gasteiger partial charge in [-0.25, -0.2) is 15.0 Å². The molecule has 0 bridgehead atoms. The molecule has 132 valence electrons. The maximum atomic E-state index is 12.8. The fourth-order valence-electron chi connectivity index (χ4n) is 3.14. The zero-order valence-electron chi connectivity index (χ0n) is 14.7. The van der Waals surface area contributed by atoms with Crippen molar-refractivity contribution in [3.05, 3.63) is 63.9 Å². The predicted molar refractivity (Wildman–Crippen MR) is 102 cm³/mol. The van der Waals surface area contributed by atoms with Gasteiger partial charge in [-0.3, -0.25) is 4.79 Å². The van der Waals surface area contributed by atoms with Gasteiger partial charge >= 0.3 is 0 Å². The summed E-state index contributed by atoms with van der Waals surface area (Å²) in [6.45, 7) is 5.20. The lowest BCUT2D eigenvalue weighted by Gasteiger charge is -2.28. The maximum Gasteiger partial charge on any atom is 0.273 e. The smallest absolute Gasteiger partial charge is 0.273 e. The van der Waals surface area contributed by atoms with Gasteiger partial charge in [0.25, 0.3) is 5.91 Å². The Morgan fingerprint density at radius 2 is 1.85 bits per heavy atom. The van der Waals surface area contributed by atoms with E-state index in [1.54, 1.807) is 5.38 Å². The van der Waals surface area contributed by atoms with Crippen molar-refractivity contribution in [2.45, 2.75) is 26.8 Å². The van der Waals surface area contributed by atoms with E-state index in [1.807, 2.05) is 36.9 Å². The van der Waals surface area contributed by atoms with Gasteiger partial charge in [-0.15, -0.1) is 11.3 Å². The van der Waals surface area contributed by atoms with Crippen LogP contribution < -0.4 is 5.32 Å². The van der Waals surface area contributed by atoms with Crippen LogP contribution in [0.25, 0.3) is 0 Å². The Labute approximate surface area is 155 Å². The molecule has 26 heavy (non-hydrogen) atoms. The van der Waals surface area contributed by atoms with Gasteiger partial charge in [0.2, 0.25) is 5.95 Å². The molecule has 1 amide bonds. The first-order chi connectivity index (χ1) is 12.6. The molecule has 1 aromatic carbocycles. The van der Waals surface area contributed by atoms with Crippen LogP contribution in [-0.2, 0) is 13.0 Å². The van der Waals surface area contributed by atoms with E-state index >= 15 is 0 Å². The van der Waals surface area contributed by atoms with Crippen LogP contribution in [0.3, 0.4) is 0 Å². The van der Waals surface area contributed by atoms with Crippen LogP contribution in [0.5, 0.6) is 0 Å². The highest BCUT2D eigenvalue weighted by molar-refractivity contribution is 7.14. The van der Waals surface area contributed by atoms with Crippen LogP contribution in [0.15, 0.2) is 35.7 Å². The highest BCUT2D eigenvalue weighted by Crippen LogP contribution is 2.23. The van der Waals surface area contributed by atoms with E-state index in [-0.39, 0.29) is 5.91 Å². The Hall–Kier alpha value is -2.80. The summed E-state index contributed by atoms with van der Waals surface area (Å²) in [6, 6.07) is 10.2. The van der Waals surface area contributed by atoms with Gasteiger partial charge < -0.3 is 10.2 Å². The molecule has 0 saturated carbocycles. The van der Waals surface area contributed by atoms with E-state index in [2.05, 4.69) is 32.4 Å². The maximum absolute atomic E-state index is 12.8. The molecule has 6 nitrogen and oxygen atoms in total. The number of anilines is 2. The zero-order valence-corrected chi connectivity index (χ0v) is 15.5. The summed E-state index contributed by atoms with van der Waals surface area (Å²) in [5, 5.41) is 5.50. The molecule has 1 aliphatic heterocycles. The Morgan fingerprint density at radius 1 is 1.12 bits per heavy atom. The number of benzene rings is 1. The third-order valence-electron chi connectivity index (χ3n) is 4.34. The number of thiazole rings is 1. The van der Waals surface area contributed by atoms with Crippen molar-refractivity contribution in [1.29, 1.82) is 0 Å². The van der Waals surface area contributed by atoms with Crippen molar-refractivity contribution in [3.8, 4) is 0 Å².